The Balaban J connectivity index is 2.46. The van der Waals surface area contributed by atoms with Crippen molar-refractivity contribution in [2.75, 3.05) is 6.61 Å². The molecule has 0 aromatic carbocycles. The van der Waals surface area contributed by atoms with Gasteiger partial charge >= 0.3 is 5.69 Å². The molecule has 0 aliphatic carbocycles. The summed E-state index contributed by atoms with van der Waals surface area (Å²) in [6, 6.07) is 1.33. The number of H-pyrrole nitrogens is 1. The molecule has 1 aromatic heterocycles. The molecular weight excluding hydrogens is 440 g/mol. The number of aromatic amines is 1. The molecule has 0 saturated carbocycles. The minimum atomic E-state index is -2.16. The molecule has 1 fully saturated rings. The number of aromatic nitrogens is 2. The average molecular weight is 483 g/mol. The van der Waals surface area contributed by atoms with E-state index in [1.54, 1.807) is 6.08 Å². The van der Waals surface area contributed by atoms with Gasteiger partial charge in [0.2, 0.25) is 0 Å². The van der Waals surface area contributed by atoms with Gasteiger partial charge in [-0.2, -0.15) is 0 Å². The Kier molecular flexibility index (Phi) is 7.44. The van der Waals surface area contributed by atoms with Crippen LogP contribution in [-0.2, 0) is 13.6 Å². The SMILES string of the molecule is C=C[C@]1(CO[Si](C)(C)C(C)(C)C)O[C@@H](n2ccc(=O)[nH]c2=O)C[C@@H]1O[Si](C)(C)C(C)(C)C. The third-order valence-electron chi connectivity index (χ3n) is 7.53. The molecule has 2 rings (SSSR count). The van der Waals surface area contributed by atoms with E-state index in [-0.39, 0.29) is 16.2 Å². The van der Waals surface area contributed by atoms with E-state index in [1.807, 2.05) is 0 Å². The van der Waals surface area contributed by atoms with E-state index in [4.69, 9.17) is 13.6 Å². The summed E-state index contributed by atoms with van der Waals surface area (Å²) < 4.78 is 21.3. The maximum atomic E-state index is 12.5. The first-order chi connectivity index (χ1) is 14.4. The van der Waals surface area contributed by atoms with Crippen LogP contribution in [0.2, 0.25) is 36.3 Å². The summed E-state index contributed by atoms with van der Waals surface area (Å²) in [7, 11) is -4.23. The van der Waals surface area contributed by atoms with E-state index >= 15 is 0 Å². The van der Waals surface area contributed by atoms with Crippen LogP contribution < -0.4 is 11.2 Å². The molecule has 2 heterocycles. The van der Waals surface area contributed by atoms with Crippen molar-refractivity contribution in [3.63, 3.8) is 0 Å². The Morgan fingerprint density at radius 2 is 1.72 bits per heavy atom. The summed E-state index contributed by atoms with van der Waals surface area (Å²) in [5.74, 6) is 0. The fraction of sp³-hybridized carbons (Fsp3) is 0.739. The van der Waals surface area contributed by atoms with E-state index in [9.17, 15) is 9.59 Å². The molecule has 7 nitrogen and oxygen atoms in total. The van der Waals surface area contributed by atoms with Gasteiger partial charge < -0.3 is 13.6 Å². The molecule has 32 heavy (non-hydrogen) atoms. The highest BCUT2D eigenvalue weighted by molar-refractivity contribution is 6.74. The third kappa shape index (κ3) is 5.44. The number of hydrogen-bond donors (Lipinski definition) is 1. The Labute approximate surface area is 194 Å². The number of nitrogens with zero attached hydrogens (tertiary/aromatic N) is 1. The zero-order valence-electron chi connectivity index (χ0n) is 21.5. The number of rotatable bonds is 7. The van der Waals surface area contributed by atoms with Gasteiger partial charge in [-0.25, -0.2) is 4.79 Å². The summed E-state index contributed by atoms with van der Waals surface area (Å²) in [6.07, 6.45) is 2.80. The fourth-order valence-corrected chi connectivity index (χ4v) is 5.52. The first-order valence-corrected chi connectivity index (χ1v) is 17.1. The van der Waals surface area contributed by atoms with Gasteiger partial charge in [-0.1, -0.05) is 47.6 Å². The molecule has 1 aliphatic heterocycles. The van der Waals surface area contributed by atoms with Crippen LogP contribution in [0.15, 0.2) is 34.5 Å². The maximum Gasteiger partial charge on any atom is 0.330 e. The second kappa shape index (κ2) is 8.83. The molecule has 0 spiro atoms. The standard InChI is InChI=1S/C23H42N2O5Si2/c1-12-23(16-28-31(8,9)21(2,3)4)17(30-32(10,11)22(5,6)7)15-19(29-23)25-14-13-18(26)24-20(25)27/h12-14,17,19H,1,15-16H2,2-11H3,(H,24,26,27)/t17-,19+,23+/m0/s1. The molecule has 0 bridgehead atoms. The van der Waals surface area contributed by atoms with Gasteiger partial charge in [0, 0.05) is 18.7 Å². The summed E-state index contributed by atoms with van der Waals surface area (Å²) in [5.41, 5.74) is -1.83. The van der Waals surface area contributed by atoms with E-state index in [0.717, 1.165) is 0 Å². The zero-order valence-corrected chi connectivity index (χ0v) is 23.5. The molecule has 182 valence electrons. The molecule has 1 aromatic rings. The Morgan fingerprint density at radius 1 is 1.16 bits per heavy atom. The van der Waals surface area contributed by atoms with E-state index < -0.39 is 39.7 Å². The van der Waals surface area contributed by atoms with Gasteiger partial charge in [0.15, 0.2) is 16.6 Å². The van der Waals surface area contributed by atoms with Crippen molar-refractivity contribution in [1.29, 1.82) is 0 Å². The molecule has 0 unspecified atom stereocenters. The van der Waals surface area contributed by atoms with E-state index in [0.29, 0.717) is 13.0 Å². The topological polar surface area (TPSA) is 82.5 Å². The maximum absolute atomic E-state index is 12.5. The Hall–Kier alpha value is -1.27. The minimum absolute atomic E-state index is 0.00705. The third-order valence-corrected chi connectivity index (χ3v) is 16.5. The highest BCUT2D eigenvalue weighted by Gasteiger charge is 2.53. The van der Waals surface area contributed by atoms with Gasteiger partial charge in [0.25, 0.3) is 5.56 Å². The van der Waals surface area contributed by atoms with Crippen LogP contribution in [0.25, 0.3) is 0 Å². The Morgan fingerprint density at radius 3 is 2.19 bits per heavy atom. The van der Waals surface area contributed by atoms with Crippen molar-refractivity contribution in [3.8, 4) is 0 Å². The smallest absolute Gasteiger partial charge is 0.330 e. The number of nitrogens with one attached hydrogen (secondary N) is 1. The average Bonchev–Trinajstić information content (AvgIpc) is 2.96. The highest BCUT2D eigenvalue weighted by Crippen LogP contribution is 2.46. The summed E-state index contributed by atoms with van der Waals surface area (Å²) in [5, 5.41) is 0.0477. The molecule has 9 heteroatoms. The van der Waals surface area contributed by atoms with Crippen LogP contribution >= 0.6 is 0 Å². The highest BCUT2D eigenvalue weighted by atomic mass is 28.4. The first kappa shape index (κ1) is 27.0. The molecule has 1 aliphatic rings. The Bertz CT molecular complexity index is 939. The predicted octanol–water partition coefficient (Wildman–Crippen LogP) is 4.79. The molecule has 0 radical (unpaired) electrons. The lowest BCUT2D eigenvalue weighted by Gasteiger charge is -2.44. The number of hydrogen-bond acceptors (Lipinski definition) is 5. The second-order valence-electron chi connectivity index (χ2n) is 11.9. The van der Waals surface area contributed by atoms with Crippen LogP contribution in [-0.4, -0.2) is 44.5 Å². The van der Waals surface area contributed by atoms with Crippen LogP contribution in [0.3, 0.4) is 0 Å². The summed E-state index contributed by atoms with van der Waals surface area (Å²) in [6.45, 7) is 26.4. The van der Waals surface area contributed by atoms with Gasteiger partial charge in [0.1, 0.15) is 11.8 Å². The van der Waals surface area contributed by atoms with Gasteiger partial charge in [0.05, 0.1) is 12.7 Å². The molecule has 3 atom stereocenters. The van der Waals surface area contributed by atoms with Crippen molar-refractivity contribution in [2.45, 2.75) is 102 Å². The first-order valence-electron chi connectivity index (χ1n) is 11.3. The van der Waals surface area contributed by atoms with Crippen molar-refractivity contribution in [1.82, 2.24) is 9.55 Å². The van der Waals surface area contributed by atoms with Gasteiger partial charge in [-0.15, -0.1) is 6.58 Å². The lowest BCUT2D eigenvalue weighted by molar-refractivity contribution is -0.0921. The predicted molar refractivity (Wildman–Crippen MR) is 134 cm³/mol. The monoisotopic (exact) mass is 482 g/mol. The van der Waals surface area contributed by atoms with Crippen LogP contribution in [0.4, 0.5) is 0 Å². The quantitative estimate of drug-likeness (QED) is 0.446. The summed E-state index contributed by atoms with van der Waals surface area (Å²) in [4.78, 5) is 26.3. The lowest BCUT2D eigenvalue weighted by atomic mass is 9.98. The largest absolute Gasteiger partial charge is 0.413 e. The fourth-order valence-electron chi connectivity index (χ4n) is 3.14. The van der Waals surface area contributed by atoms with Crippen LogP contribution in [0.5, 0.6) is 0 Å². The summed E-state index contributed by atoms with van der Waals surface area (Å²) >= 11 is 0. The normalized spacial score (nSPS) is 25.2. The molecule has 1 saturated heterocycles. The van der Waals surface area contributed by atoms with E-state index in [1.165, 1.54) is 16.8 Å². The lowest BCUT2D eigenvalue weighted by Crippen LogP contribution is -2.54. The van der Waals surface area contributed by atoms with Gasteiger partial charge in [-0.3, -0.25) is 14.3 Å². The molecular formula is C23H42N2O5Si2. The number of ether oxygens (including phenoxy) is 1. The van der Waals surface area contributed by atoms with Crippen molar-refractivity contribution in [3.05, 3.63) is 45.8 Å². The molecule has 1 N–H and O–H groups in total. The van der Waals surface area contributed by atoms with Crippen molar-refractivity contribution < 1.29 is 13.6 Å². The van der Waals surface area contributed by atoms with Gasteiger partial charge in [-0.05, 0) is 36.3 Å². The zero-order chi connectivity index (χ0) is 24.8. The molecule has 0 amide bonds. The van der Waals surface area contributed by atoms with Crippen molar-refractivity contribution in [2.24, 2.45) is 0 Å². The van der Waals surface area contributed by atoms with Crippen LogP contribution in [0.1, 0.15) is 54.2 Å². The van der Waals surface area contributed by atoms with E-state index in [2.05, 4.69) is 79.3 Å². The van der Waals surface area contributed by atoms with Crippen molar-refractivity contribution >= 4 is 16.6 Å². The van der Waals surface area contributed by atoms with Crippen LogP contribution in [0, 0.1) is 0 Å². The second-order valence-corrected chi connectivity index (χ2v) is 21.5. The minimum Gasteiger partial charge on any atom is -0.413 e.